The van der Waals surface area contributed by atoms with E-state index in [9.17, 15) is 18.0 Å². The maximum atomic E-state index is 13.1. The lowest BCUT2D eigenvalue weighted by Crippen LogP contribution is -2.32. The van der Waals surface area contributed by atoms with E-state index < -0.39 is 23.7 Å². The minimum absolute atomic E-state index is 0.0643. The summed E-state index contributed by atoms with van der Waals surface area (Å²) in [5, 5.41) is 5.12. The molecule has 0 aliphatic rings. The normalized spacial score (nSPS) is 12.4. The van der Waals surface area contributed by atoms with Crippen molar-refractivity contribution in [3.05, 3.63) is 53.1 Å². The molecule has 1 atom stereocenters. The Morgan fingerprint density at radius 2 is 1.84 bits per heavy atom. The molecule has 0 saturated carbocycles. The van der Waals surface area contributed by atoms with Gasteiger partial charge in [0.15, 0.2) is 0 Å². The Hall–Kier alpha value is -2.41. The monoisotopic (exact) mass is 372 g/mol. The first-order valence-corrected chi connectivity index (χ1v) is 7.67. The Kier molecular flexibility index (Phi) is 5.79. The fraction of sp³-hybridized carbons (Fsp3) is 0.235. The average Bonchev–Trinajstić information content (AvgIpc) is 2.56. The van der Waals surface area contributed by atoms with Crippen molar-refractivity contribution in [3.63, 3.8) is 0 Å². The first kappa shape index (κ1) is 18.9. The van der Waals surface area contributed by atoms with Gasteiger partial charge in [0.05, 0.1) is 24.0 Å². The molecule has 4 nitrogen and oxygen atoms in total. The summed E-state index contributed by atoms with van der Waals surface area (Å²) in [5.41, 5.74) is -0.798. The Bertz CT molecular complexity index is 766. The molecule has 0 spiro atoms. The second-order valence-corrected chi connectivity index (χ2v) is 5.68. The molecule has 2 aromatic carbocycles. The summed E-state index contributed by atoms with van der Waals surface area (Å²) >= 11 is 5.62. The smallest absolute Gasteiger partial charge is 0.418 e. The van der Waals surface area contributed by atoms with Crippen molar-refractivity contribution < 1.29 is 22.7 Å². The highest BCUT2D eigenvalue weighted by atomic mass is 35.5. The number of para-hydroxylation sites is 2. The molecule has 0 radical (unpaired) electrons. The van der Waals surface area contributed by atoms with Gasteiger partial charge in [-0.25, -0.2) is 0 Å². The summed E-state index contributed by atoms with van der Waals surface area (Å²) in [6, 6.07) is 9.29. The number of alkyl halides is 3. The van der Waals surface area contributed by atoms with Gasteiger partial charge in [0.1, 0.15) is 11.8 Å². The molecule has 0 bridgehead atoms. The number of rotatable bonds is 5. The van der Waals surface area contributed by atoms with Crippen LogP contribution in [0.3, 0.4) is 0 Å². The largest absolute Gasteiger partial charge is 0.495 e. The van der Waals surface area contributed by atoms with E-state index in [0.29, 0.717) is 11.4 Å². The van der Waals surface area contributed by atoms with E-state index in [-0.39, 0.29) is 10.7 Å². The molecule has 0 fully saturated rings. The van der Waals surface area contributed by atoms with Crippen molar-refractivity contribution >= 4 is 28.9 Å². The summed E-state index contributed by atoms with van der Waals surface area (Å²) in [6.45, 7) is 1.53. The fourth-order valence-electron chi connectivity index (χ4n) is 2.16. The lowest BCUT2D eigenvalue weighted by atomic mass is 10.1. The molecule has 25 heavy (non-hydrogen) atoms. The SMILES string of the molecule is COc1ccccc1NC(C)C(=O)Nc1ccc(Cl)cc1C(F)(F)F. The van der Waals surface area contributed by atoms with E-state index in [0.717, 1.165) is 12.1 Å². The molecule has 0 aliphatic carbocycles. The van der Waals surface area contributed by atoms with Crippen LogP contribution in [0, 0.1) is 0 Å². The summed E-state index contributed by atoms with van der Waals surface area (Å²) in [6.07, 6.45) is -4.63. The van der Waals surface area contributed by atoms with Crippen LogP contribution >= 0.6 is 11.6 Å². The fourth-order valence-corrected chi connectivity index (χ4v) is 2.34. The molecule has 0 aromatic heterocycles. The number of methoxy groups -OCH3 is 1. The third-order valence-electron chi connectivity index (χ3n) is 3.42. The van der Waals surface area contributed by atoms with E-state index in [1.165, 1.54) is 20.1 Å². The second kappa shape index (κ2) is 7.65. The Morgan fingerprint density at radius 3 is 2.48 bits per heavy atom. The number of carbonyl (C=O) groups excluding carboxylic acids is 1. The van der Waals surface area contributed by atoms with Crippen LogP contribution in [0.5, 0.6) is 5.75 Å². The van der Waals surface area contributed by atoms with E-state index >= 15 is 0 Å². The standard InChI is InChI=1S/C17H16ClF3N2O2/c1-10(22-14-5-3-4-6-15(14)25-2)16(24)23-13-8-7-11(18)9-12(13)17(19,20)21/h3-10,22H,1-2H3,(H,23,24). The van der Waals surface area contributed by atoms with Crippen molar-refractivity contribution in [1.29, 1.82) is 0 Å². The predicted molar refractivity (Wildman–Crippen MR) is 91.2 cm³/mol. The number of hydrogen-bond donors (Lipinski definition) is 2. The molecule has 1 unspecified atom stereocenters. The van der Waals surface area contributed by atoms with Crippen LogP contribution in [-0.4, -0.2) is 19.1 Å². The molecule has 8 heteroatoms. The molecule has 2 N–H and O–H groups in total. The van der Waals surface area contributed by atoms with Crippen LogP contribution in [0.25, 0.3) is 0 Å². The topological polar surface area (TPSA) is 50.4 Å². The molecule has 0 aliphatic heterocycles. The first-order valence-electron chi connectivity index (χ1n) is 7.29. The average molecular weight is 373 g/mol. The van der Waals surface area contributed by atoms with Crippen molar-refractivity contribution in [3.8, 4) is 5.75 Å². The zero-order chi connectivity index (χ0) is 18.6. The van der Waals surface area contributed by atoms with Gasteiger partial charge in [-0.05, 0) is 37.3 Å². The molecule has 2 aromatic rings. The van der Waals surface area contributed by atoms with E-state index in [4.69, 9.17) is 16.3 Å². The highest BCUT2D eigenvalue weighted by Crippen LogP contribution is 2.36. The highest BCUT2D eigenvalue weighted by Gasteiger charge is 2.34. The van der Waals surface area contributed by atoms with E-state index in [2.05, 4.69) is 10.6 Å². The number of hydrogen-bond acceptors (Lipinski definition) is 3. The van der Waals surface area contributed by atoms with Gasteiger partial charge in [-0.15, -0.1) is 0 Å². The maximum Gasteiger partial charge on any atom is 0.418 e. The summed E-state index contributed by atoms with van der Waals surface area (Å²) in [5.74, 6) is -0.108. The van der Waals surface area contributed by atoms with Crippen LogP contribution in [0.4, 0.5) is 24.5 Å². The van der Waals surface area contributed by atoms with Gasteiger partial charge < -0.3 is 15.4 Å². The highest BCUT2D eigenvalue weighted by molar-refractivity contribution is 6.30. The molecule has 0 saturated heterocycles. The predicted octanol–water partition coefficient (Wildman–Crippen LogP) is 4.81. The first-order chi connectivity index (χ1) is 11.7. The van der Waals surface area contributed by atoms with Gasteiger partial charge in [0.25, 0.3) is 0 Å². The van der Waals surface area contributed by atoms with E-state index in [1.54, 1.807) is 24.3 Å². The number of carbonyl (C=O) groups is 1. The van der Waals surface area contributed by atoms with Crippen LogP contribution in [0.2, 0.25) is 5.02 Å². The Labute approximate surface area is 147 Å². The van der Waals surface area contributed by atoms with Gasteiger partial charge >= 0.3 is 6.18 Å². The molecule has 0 heterocycles. The summed E-state index contributed by atoms with van der Waals surface area (Å²) in [4.78, 5) is 12.3. The van der Waals surface area contributed by atoms with Gasteiger partial charge in [0, 0.05) is 5.02 Å². The number of halogens is 4. The van der Waals surface area contributed by atoms with Gasteiger partial charge in [-0.1, -0.05) is 23.7 Å². The zero-order valence-electron chi connectivity index (χ0n) is 13.4. The number of amides is 1. The minimum atomic E-state index is -4.63. The van der Waals surface area contributed by atoms with Crippen LogP contribution in [0.15, 0.2) is 42.5 Å². The number of nitrogens with one attached hydrogen (secondary N) is 2. The molecular weight excluding hydrogens is 357 g/mol. The zero-order valence-corrected chi connectivity index (χ0v) is 14.2. The third kappa shape index (κ3) is 4.79. The summed E-state index contributed by atoms with van der Waals surface area (Å²) in [7, 11) is 1.48. The Morgan fingerprint density at radius 1 is 1.16 bits per heavy atom. The minimum Gasteiger partial charge on any atom is -0.495 e. The number of benzene rings is 2. The maximum absolute atomic E-state index is 13.1. The third-order valence-corrected chi connectivity index (χ3v) is 3.65. The van der Waals surface area contributed by atoms with Gasteiger partial charge in [-0.3, -0.25) is 4.79 Å². The number of anilines is 2. The van der Waals surface area contributed by atoms with Gasteiger partial charge in [-0.2, -0.15) is 13.2 Å². The lowest BCUT2D eigenvalue weighted by Gasteiger charge is -2.19. The molecular formula is C17H16ClF3N2O2. The molecule has 2 rings (SSSR count). The second-order valence-electron chi connectivity index (χ2n) is 5.24. The van der Waals surface area contributed by atoms with Crippen molar-refractivity contribution in [2.75, 3.05) is 17.7 Å². The van der Waals surface area contributed by atoms with Crippen LogP contribution < -0.4 is 15.4 Å². The van der Waals surface area contributed by atoms with Gasteiger partial charge in [0.2, 0.25) is 5.91 Å². The van der Waals surface area contributed by atoms with Crippen LogP contribution in [-0.2, 0) is 11.0 Å². The van der Waals surface area contributed by atoms with Crippen molar-refractivity contribution in [2.45, 2.75) is 19.1 Å². The van der Waals surface area contributed by atoms with E-state index in [1.807, 2.05) is 0 Å². The number of ether oxygens (including phenoxy) is 1. The molecule has 1 amide bonds. The Balaban J connectivity index is 2.17. The van der Waals surface area contributed by atoms with Crippen LogP contribution in [0.1, 0.15) is 12.5 Å². The quantitative estimate of drug-likeness (QED) is 0.792. The van der Waals surface area contributed by atoms with Crippen molar-refractivity contribution in [2.24, 2.45) is 0 Å². The molecule has 134 valence electrons. The lowest BCUT2D eigenvalue weighted by molar-refractivity contribution is -0.137. The van der Waals surface area contributed by atoms with Crippen molar-refractivity contribution in [1.82, 2.24) is 0 Å². The summed E-state index contributed by atoms with van der Waals surface area (Å²) < 4.78 is 44.4.